The van der Waals surface area contributed by atoms with Gasteiger partial charge in [0.05, 0.1) is 0 Å². The number of aliphatic carboxylic acids is 2. The first kappa shape index (κ1) is 36.5. The van der Waals surface area contributed by atoms with Crippen LogP contribution in [0.5, 0.6) is 0 Å². The van der Waals surface area contributed by atoms with Gasteiger partial charge in [-0.05, 0) is 42.3 Å². The number of carbonyl (C=O) groups is 2. The lowest BCUT2D eigenvalue weighted by molar-refractivity contribution is -0.137. The van der Waals surface area contributed by atoms with Crippen molar-refractivity contribution in [2.24, 2.45) is 0 Å². The monoisotopic (exact) mass is 319 g/mol. The Hall–Kier alpha value is -0.890. The van der Waals surface area contributed by atoms with Gasteiger partial charge in [-0.15, -0.1) is 12.4 Å². The maximum Gasteiger partial charge on any atom is 0.303 e. The number of carboxylic acid groups (broad SMARTS) is 2. The van der Waals surface area contributed by atoms with Crippen molar-refractivity contribution in [2.45, 2.75) is 26.7 Å². The first-order valence-electron chi connectivity index (χ1n) is 5.98. The number of rotatable bonds is 2. The molecule has 8 heteroatoms. The van der Waals surface area contributed by atoms with Crippen molar-refractivity contribution in [3.63, 3.8) is 0 Å². The van der Waals surface area contributed by atoms with Gasteiger partial charge in [-0.25, -0.2) is 0 Å². The van der Waals surface area contributed by atoms with Gasteiger partial charge in [0.2, 0.25) is 0 Å². The SMILES string of the molecule is CCC(=O)O.CCC(=O)O.CNC.CNC.CNC.Cl. The Balaban J connectivity index is -0.0000000310. The first-order chi connectivity index (χ1) is 8.78. The van der Waals surface area contributed by atoms with Crippen molar-refractivity contribution in [2.75, 3.05) is 42.3 Å². The molecule has 0 aliphatic carbocycles. The predicted molar refractivity (Wildman–Crippen MR) is 88.1 cm³/mol. The Bertz CT molecular complexity index is 143. The highest BCUT2D eigenvalue weighted by atomic mass is 35.5. The van der Waals surface area contributed by atoms with Crippen molar-refractivity contribution >= 4 is 24.3 Å². The molecule has 0 fully saturated rings. The number of carboxylic acids is 2. The lowest BCUT2D eigenvalue weighted by Crippen LogP contribution is -1.89. The van der Waals surface area contributed by atoms with Crippen LogP contribution >= 0.6 is 12.4 Å². The molecule has 0 radical (unpaired) electrons. The Morgan fingerprint density at radius 2 is 0.750 bits per heavy atom. The summed E-state index contributed by atoms with van der Waals surface area (Å²) < 4.78 is 0. The van der Waals surface area contributed by atoms with Crippen LogP contribution < -0.4 is 16.0 Å². The average Bonchev–Trinajstić information content (AvgIpc) is 2.32. The quantitative estimate of drug-likeness (QED) is 0.514. The van der Waals surface area contributed by atoms with E-state index in [1.54, 1.807) is 13.8 Å². The second kappa shape index (κ2) is 51.9. The zero-order valence-electron chi connectivity index (χ0n) is 14.0. The fraction of sp³-hybridized carbons (Fsp3) is 0.833. The molecule has 20 heavy (non-hydrogen) atoms. The topological polar surface area (TPSA) is 111 Å². The number of hydrogen-bond donors (Lipinski definition) is 5. The van der Waals surface area contributed by atoms with E-state index in [2.05, 4.69) is 16.0 Å². The molecule has 5 N–H and O–H groups in total. The zero-order valence-corrected chi connectivity index (χ0v) is 14.8. The minimum Gasteiger partial charge on any atom is -0.481 e. The Labute approximate surface area is 129 Å². The van der Waals surface area contributed by atoms with Crippen LogP contribution in [0, 0.1) is 0 Å². The van der Waals surface area contributed by atoms with Crippen molar-refractivity contribution in [1.82, 2.24) is 16.0 Å². The second-order valence-electron chi connectivity index (χ2n) is 2.99. The smallest absolute Gasteiger partial charge is 0.303 e. The van der Waals surface area contributed by atoms with Gasteiger partial charge < -0.3 is 26.2 Å². The van der Waals surface area contributed by atoms with Crippen LogP contribution in [0.1, 0.15) is 26.7 Å². The van der Waals surface area contributed by atoms with Gasteiger partial charge in [0, 0.05) is 12.8 Å². The van der Waals surface area contributed by atoms with Crippen LogP contribution in [0.25, 0.3) is 0 Å². The van der Waals surface area contributed by atoms with Crippen molar-refractivity contribution < 1.29 is 19.8 Å². The maximum absolute atomic E-state index is 9.37. The molecule has 0 spiro atoms. The summed E-state index contributed by atoms with van der Waals surface area (Å²) in [7, 11) is 11.2. The molecular formula is C12H34ClN3O4. The van der Waals surface area contributed by atoms with Gasteiger partial charge in [-0.3, -0.25) is 9.59 Å². The summed E-state index contributed by atoms with van der Waals surface area (Å²) in [5, 5.41) is 23.7. The molecule has 0 aromatic rings. The molecule has 0 amide bonds. The van der Waals surface area contributed by atoms with Crippen LogP contribution in [-0.4, -0.2) is 64.4 Å². The van der Waals surface area contributed by atoms with Crippen LogP contribution in [0.2, 0.25) is 0 Å². The van der Waals surface area contributed by atoms with E-state index in [0.29, 0.717) is 0 Å². The highest BCUT2D eigenvalue weighted by Crippen LogP contribution is 1.67. The lowest BCUT2D eigenvalue weighted by atomic mass is 10.5. The summed E-state index contributed by atoms with van der Waals surface area (Å²) in [5.41, 5.74) is 0. The number of nitrogens with one attached hydrogen (secondary N) is 3. The maximum atomic E-state index is 9.37. The minimum absolute atomic E-state index is 0. The molecule has 0 saturated heterocycles. The van der Waals surface area contributed by atoms with E-state index in [-0.39, 0.29) is 25.2 Å². The van der Waals surface area contributed by atoms with E-state index in [0.717, 1.165) is 0 Å². The summed E-state index contributed by atoms with van der Waals surface area (Å²) in [6, 6.07) is 0. The fourth-order valence-electron chi connectivity index (χ4n) is 0. The summed E-state index contributed by atoms with van der Waals surface area (Å²) in [5.74, 6) is -1.49. The zero-order chi connectivity index (χ0) is 16.7. The molecular weight excluding hydrogens is 286 g/mol. The summed E-state index contributed by atoms with van der Waals surface area (Å²) in [6.07, 6.45) is 0.444. The van der Waals surface area contributed by atoms with Crippen LogP contribution in [0.4, 0.5) is 0 Å². The highest BCUT2D eigenvalue weighted by Gasteiger charge is 1.81. The van der Waals surface area contributed by atoms with E-state index in [4.69, 9.17) is 10.2 Å². The molecule has 0 aromatic carbocycles. The Kier molecular flexibility index (Phi) is 94.6. The van der Waals surface area contributed by atoms with Crippen LogP contribution in [-0.2, 0) is 9.59 Å². The molecule has 0 rings (SSSR count). The van der Waals surface area contributed by atoms with Gasteiger partial charge in [-0.2, -0.15) is 0 Å². The Morgan fingerprint density at radius 1 is 0.700 bits per heavy atom. The molecule has 0 aliphatic rings. The fourth-order valence-corrected chi connectivity index (χ4v) is 0. The number of hydrogen-bond acceptors (Lipinski definition) is 5. The molecule has 0 atom stereocenters. The third-order valence-electron chi connectivity index (χ3n) is 0.605. The summed E-state index contributed by atoms with van der Waals surface area (Å²) in [4.78, 5) is 18.7. The summed E-state index contributed by atoms with van der Waals surface area (Å²) in [6.45, 7) is 3.20. The first-order valence-corrected chi connectivity index (χ1v) is 5.98. The van der Waals surface area contributed by atoms with Gasteiger partial charge in [-0.1, -0.05) is 13.8 Å². The third-order valence-corrected chi connectivity index (χ3v) is 0.605. The lowest BCUT2D eigenvalue weighted by Gasteiger charge is -1.71. The molecule has 0 unspecified atom stereocenters. The average molecular weight is 320 g/mol. The van der Waals surface area contributed by atoms with E-state index in [9.17, 15) is 9.59 Å². The van der Waals surface area contributed by atoms with Crippen molar-refractivity contribution in [3.05, 3.63) is 0 Å². The van der Waals surface area contributed by atoms with Gasteiger partial charge in [0.1, 0.15) is 0 Å². The molecule has 0 aliphatic heterocycles. The second-order valence-corrected chi connectivity index (χ2v) is 2.99. The van der Waals surface area contributed by atoms with Gasteiger partial charge in [0.25, 0.3) is 0 Å². The van der Waals surface area contributed by atoms with Crippen LogP contribution in [0.3, 0.4) is 0 Å². The largest absolute Gasteiger partial charge is 0.481 e. The third kappa shape index (κ3) is 459. The normalized spacial score (nSPS) is 6.40. The molecule has 0 heterocycles. The highest BCUT2D eigenvalue weighted by molar-refractivity contribution is 5.85. The van der Waals surface area contributed by atoms with Crippen molar-refractivity contribution in [1.29, 1.82) is 0 Å². The van der Waals surface area contributed by atoms with Crippen molar-refractivity contribution in [3.8, 4) is 0 Å². The number of halogens is 1. The van der Waals surface area contributed by atoms with Gasteiger partial charge in [0.15, 0.2) is 0 Å². The molecule has 0 aromatic heterocycles. The molecule has 128 valence electrons. The summed E-state index contributed by atoms with van der Waals surface area (Å²) >= 11 is 0. The molecule has 0 bridgehead atoms. The standard InChI is InChI=1S/2C3H6O2.3C2H7N.ClH/c2*1-2-3(4)5;3*1-3-2;/h2*2H2,1H3,(H,4,5);3*3H,1-2H3;1H. The molecule has 0 saturated carbocycles. The molecule has 7 nitrogen and oxygen atoms in total. The van der Waals surface area contributed by atoms with E-state index in [1.165, 1.54) is 0 Å². The predicted octanol–water partition coefficient (Wildman–Crippen LogP) is 0.891. The van der Waals surface area contributed by atoms with Crippen LogP contribution in [0.15, 0.2) is 0 Å². The van der Waals surface area contributed by atoms with Gasteiger partial charge >= 0.3 is 11.9 Å². The Morgan fingerprint density at radius 3 is 0.750 bits per heavy atom. The van der Waals surface area contributed by atoms with E-state index < -0.39 is 11.9 Å². The van der Waals surface area contributed by atoms with E-state index >= 15 is 0 Å². The minimum atomic E-state index is -0.745. The van der Waals surface area contributed by atoms with E-state index in [1.807, 2.05) is 42.3 Å².